The van der Waals surface area contributed by atoms with Gasteiger partial charge in [-0.25, -0.2) is 9.18 Å². The fraction of sp³-hybridized carbons (Fsp3) is 0.308. The van der Waals surface area contributed by atoms with Gasteiger partial charge in [0.05, 0.1) is 7.11 Å². The summed E-state index contributed by atoms with van der Waals surface area (Å²) in [6, 6.07) is 4.79. The van der Waals surface area contributed by atoms with Gasteiger partial charge in [-0.15, -0.1) is 0 Å². The molecule has 0 aromatic heterocycles. The first-order valence-corrected chi connectivity index (χ1v) is 5.29. The first kappa shape index (κ1) is 13.2. The fourth-order valence-corrected chi connectivity index (χ4v) is 1.32. The molecule has 92 valence electrons. The van der Waals surface area contributed by atoms with Crippen molar-refractivity contribution in [1.29, 1.82) is 0 Å². The molecule has 0 aliphatic rings. The van der Waals surface area contributed by atoms with E-state index in [-0.39, 0.29) is 11.8 Å². The number of methoxy groups -OCH3 is 1. The zero-order chi connectivity index (χ0) is 12.8. The minimum Gasteiger partial charge on any atom is -0.466 e. The van der Waals surface area contributed by atoms with E-state index in [1.54, 1.807) is 32.1 Å². The van der Waals surface area contributed by atoms with Crippen LogP contribution in [0.4, 0.5) is 10.1 Å². The molecule has 0 radical (unpaired) electrons. The number of anilines is 1. The molecule has 0 unspecified atom stereocenters. The molecule has 1 N–H and O–H groups in total. The lowest BCUT2D eigenvalue weighted by Gasteiger charge is -2.05. The number of hydrogen-bond donors (Lipinski definition) is 1. The molecule has 0 atom stereocenters. The van der Waals surface area contributed by atoms with Crippen molar-refractivity contribution in [3.63, 3.8) is 0 Å². The van der Waals surface area contributed by atoms with Gasteiger partial charge in [0, 0.05) is 17.8 Å². The number of halogens is 1. The van der Waals surface area contributed by atoms with Crippen molar-refractivity contribution in [2.75, 3.05) is 19.0 Å². The highest BCUT2D eigenvalue weighted by Gasteiger charge is 2.02. The quantitative estimate of drug-likeness (QED) is 0.646. The first-order chi connectivity index (χ1) is 8.04. The lowest BCUT2D eigenvalue weighted by Crippen LogP contribution is -2.05. The van der Waals surface area contributed by atoms with Gasteiger partial charge in [-0.05, 0) is 37.6 Å². The van der Waals surface area contributed by atoms with Crippen molar-refractivity contribution in [1.82, 2.24) is 0 Å². The maximum Gasteiger partial charge on any atom is 0.333 e. The van der Waals surface area contributed by atoms with Gasteiger partial charge in [0.25, 0.3) is 0 Å². The number of carbonyl (C=O) groups is 1. The van der Waals surface area contributed by atoms with Crippen molar-refractivity contribution >= 4 is 11.7 Å². The highest BCUT2D eigenvalue weighted by molar-refractivity contribution is 5.87. The van der Waals surface area contributed by atoms with E-state index in [1.165, 1.54) is 13.2 Å². The summed E-state index contributed by atoms with van der Waals surface area (Å²) in [5.74, 6) is -0.570. The predicted octanol–water partition coefficient (Wildman–Crippen LogP) is 2.67. The third-order valence-electron chi connectivity index (χ3n) is 2.38. The summed E-state index contributed by atoms with van der Waals surface area (Å²) in [4.78, 5) is 11.1. The van der Waals surface area contributed by atoms with Gasteiger partial charge >= 0.3 is 5.97 Å². The van der Waals surface area contributed by atoms with Gasteiger partial charge < -0.3 is 10.1 Å². The predicted molar refractivity (Wildman–Crippen MR) is 65.4 cm³/mol. The summed E-state index contributed by atoms with van der Waals surface area (Å²) in [6.07, 6.45) is 1.73. The molecule has 0 heterocycles. The van der Waals surface area contributed by atoms with E-state index in [9.17, 15) is 9.18 Å². The zero-order valence-electron chi connectivity index (χ0n) is 10.2. The second-order valence-electron chi connectivity index (χ2n) is 3.72. The molecule has 0 spiro atoms. The third kappa shape index (κ3) is 3.90. The van der Waals surface area contributed by atoms with Crippen molar-refractivity contribution in [3.05, 3.63) is 41.2 Å². The van der Waals surface area contributed by atoms with Crippen LogP contribution in [-0.2, 0) is 9.53 Å². The molecule has 0 aliphatic carbocycles. The number of nitrogens with one attached hydrogen (secondary N) is 1. The maximum atomic E-state index is 13.0. The molecule has 0 saturated heterocycles. The minimum atomic E-state index is -0.345. The lowest BCUT2D eigenvalue weighted by atomic mass is 10.2. The molecule has 1 aromatic rings. The normalized spacial score (nSPS) is 11.2. The van der Waals surface area contributed by atoms with Crippen LogP contribution in [0.5, 0.6) is 0 Å². The molecular formula is C13H16FNO2. The molecule has 0 aliphatic heterocycles. The summed E-state index contributed by atoms with van der Waals surface area (Å²) in [5, 5.41) is 3.07. The van der Waals surface area contributed by atoms with Crippen molar-refractivity contribution in [3.8, 4) is 0 Å². The van der Waals surface area contributed by atoms with E-state index in [1.807, 2.05) is 0 Å². The van der Waals surface area contributed by atoms with E-state index in [0.29, 0.717) is 17.7 Å². The Labute approximate surface area is 100 Å². The maximum absolute atomic E-state index is 13.0. The largest absolute Gasteiger partial charge is 0.466 e. The summed E-state index contributed by atoms with van der Waals surface area (Å²) >= 11 is 0. The van der Waals surface area contributed by atoms with Crippen molar-refractivity contribution < 1.29 is 13.9 Å². The van der Waals surface area contributed by atoms with Gasteiger partial charge in [0.1, 0.15) is 5.82 Å². The number of aryl methyl sites for hydroxylation is 1. The smallest absolute Gasteiger partial charge is 0.333 e. The van der Waals surface area contributed by atoms with Crippen molar-refractivity contribution in [2.24, 2.45) is 0 Å². The number of esters is 1. The SMILES string of the molecule is COC(=O)/C(C)=C/CNc1ccc(F)c(C)c1. The van der Waals surface area contributed by atoms with Crippen LogP contribution in [0.3, 0.4) is 0 Å². The van der Waals surface area contributed by atoms with Gasteiger partial charge in [-0.2, -0.15) is 0 Å². The zero-order valence-corrected chi connectivity index (χ0v) is 10.2. The van der Waals surface area contributed by atoms with Crippen LogP contribution >= 0.6 is 0 Å². The third-order valence-corrected chi connectivity index (χ3v) is 2.38. The second-order valence-corrected chi connectivity index (χ2v) is 3.72. The van der Waals surface area contributed by atoms with Gasteiger partial charge in [0.15, 0.2) is 0 Å². The van der Waals surface area contributed by atoms with E-state index in [0.717, 1.165) is 5.69 Å². The van der Waals surface area contributed by atoms with Crippen LogP contribution in [0, 0.1) is 12.7 Å². The van der Waals surface area contributed by atoms with Crippen LogP contribution in [-0.4, -0.2) is 19.6 Å². The number of hydrogen-bond acceptors (Lipinski definition) is 3. The highest BCUT2D eigenvalue weighted by Crippen LogP contribution is 2.13. The molecule has 0 bridgehead atoms. The molecule has 1 rings (SSSR count). The Morgan fingerprint density at radius 3 is 2.82 bits per heavy atom. The lowest BCUT2D eigenvalue weighted by molar-refractivity contribution is -0.136. The van der Waals surface area contributed by atoms with Crippen LogP contribution in [0.1, 0.15) is 12.5 Å². The average molecular weight is 237 g/mol. The molecule has 17 heavy (non-hydrogen) atoms. The van der Waals surface area contributed by atoms with E-state index in [2.05, 4.69) is 10.1 Å². The van der Waals surface area contributed by atoms with Crippen LogP contribution in [0.15, 0.2) is 29.8 Å². The topological polar surface area (TPSA) is 38.3 Å². The van der Waals surface area contributed by atoms with E-state index in [4.69, 9.17) is 0 Å². The average Bonchev–Trinajstić information content (AvgIpc) is 2.32. The standard InChI is InChI=1S/C13H16FNO2/c1-9(13(16)17-3)6-7-15-11-4-5-12(14)10(2)8-11/h4-6,8,15H,7H2,1-3H3/b9-6+. The van der Waals surface area contributed by atoms with Crippen LogP contribution in [0.25, 0.3) is 0 Å². The Morgan fingerprint density at radius 2 is 2.24 bits per heavy atom. The molecule has 1 aromatic carbocycles. The van der Waals surface area contributed by atoms with Gasteiger partial charge in [0.2, 0.25) is 0 Å². The molecule has 0 fully saturated rings. The van der Waals surface area contributed by atoms with Crippen LogP contribution < -0.4 is 5.32 Å². The van der Waals surface area contributed by atoms with Gasteiger partial charge in [-0.3, -0.25) is 0 Å². The monoisotopic (exact) mass is 237 g/mol. The minimum absolute atomic E-state index is 0.225. The van der Waals surface area contributed by atoms with Crippen molar-refractivity contribution in [2.45, 2.75) is 13.8 Å². The van der Waals surface area contributed by atoms with Gasteiger partial charge in [-0.1, -0.05) is 6.08 Å². The Hall–Kier alpha value is -1.84. The molecule has 0 amide bonds. The molecular weight excluding hydrogens is 221 g/mol. The summed E-state index contributed by atoms with van der Waals surface area (Å²) in [7, 11) is 1.34. The Bertz CT molecular complexity index is 441. The Balaban J connectivity index is 2.56. The summed E-state index contributed by atoms with van der Waals surface area (Å²) in [6.45, 7) is 3.88. The summed E-state index contributed by atoms with van der Waals surface area (Å²) < 4.78 is 17.6. The Morgan fingerprint density at radius 1 is 1.53 bits per heavy atom. The fourth-order valence-electron chi connectivity index (χ4n) is 1.32. The number of rotatable bonds is 4. The highest BCUT2D eigenvalue weighted by atomic mass is 19.1. The molecule has 0 saturated carbocycles. The number of ether oxygens (including phenoxy) is 1. The van der Waals surface area contributed by atoms with Crippen LogP contribution in [0.2, 0.25) is 0 Å². The Kier molecular flexibility index (Phi) is 4.69. The number of benzene rings is 1. The van der Waals surface area contributed by atoms with E-state index >= 15 is 0 Å². The second kappa shape index (κ2) is 6.03. The van der Waals surface area contributed by atoms with E-state index < -0.39 is 0 Å². The summed E-state index contributed by atoms with van der Waals surface area (Å²) in [5.41, 5.74) is 1.94. The molecule has 4 heteroatoms. The number of carbonyl (C=O) groups excluding carboxylic acids is 1. The first-order valence-electron chi connectivity index (χ1n) is 5.29. The molecule has 3 nitrogen and oxygen atoms in total.